The van der Waals surface area contributed by atoms with Crippen molar-refractivity contribution in [2.75, 3.05) is 0 Å². The van der Waals surface area contributed by atoms with Gasteiger partial charge in [-0.3, -0.25) is 0 Å². The third kappa shape index (κ3) is 2.45. The first-order chi connectivity index (χ1) is 6.02. The van der Waals surface area contributed by atoms with Crippen LogP contribution in [0, 0.1) is 12.8 Å². The minimum absolute atomic E-state index is 0.0816. The average molecular weight is 198 g/mol. The quantitative estimate of drug-likeness (QED) is 0.774. The van der Waals surface area contributed by atoms with Crippen molar-refractivity contribution < 1.29 is 0 Å². The summed E-state index contributed by atoms with van der Waals surface area (Å²) >= 11 is 6.01. The van der Waals surface area contributed by atoms with Gasteiger partial charge in [0.15, 0.2) is 0 Å². The van der Waals surface area contributed by atoms with Gasteiger partial charge in [-0.05, 0) is 30.0 Å². The van der Waals surface area contributed by atoms with Crippen LogP contribution in [0.15, 0.2) is 18.2 Å². The number of hydrogen-bond donors (Lipinski definition) is 1. The largest absolute Gasteiger partial charge is 0.324 e. The van der Waals surface area contributed by atoms with E-state index in [1.54, 1.807) is 0 Å². The molecule has 0 aromatic heterocycles. The summed E-state index contributed by atoms with van der Waals surface area (Å²) in [5.41, 5.74) is 8.21. The molecule has 72 valence electrons. The van der Waals surface area contributed by atoms with Crippen LogP contribution >= 0.6 is 11.6 Å². The molecule has 0 saturated heterocycles. The molecule has 1 atom stereocenters. The minimum Gasteiger partial charge on any atom is -0.324 e. The Bertz CT molecular complexity index is 294. The van der Waals surface area contributed by atoms with Crippen molar-refractivity contribution in [1.82, 2.24) is 0 Å². The third-order valence-electron chi connectivity index (χ3n) is 2.30. The summed E-state index contributed by atoms with van der Waals surface area (Å²) < 4.78 is 0. The second kappa shape index (κ2) is 4.12. The molecule has 1 aromatic carbocycles. The summed E-state index contributed by atoms with van der Waals surface area (Å²) in [5.74, 6) is 0.443. The summed E-state index contributed by atoms with van der Waals surface area (Å²) in [5, 5.41) is 0.800. The van der Waals surface area contributed by atoms with Gasteiger partial charge in [0.1, 0.15) is 0 Å². The third-order valence-corrected chi connectivity index (χ3v) is 2.71. The monoisotopic (exact) mass is 197 g/mol. The normalized spacial score (nSPS) is 13.4. The van der Waals surface area contributed by atoms with Crippen molar-refractivity contribution in [3.63, 3.8) is 0 Å². The zero-order valence-electron chi connectivity index (χ0n) is 8.34. The number of aryl methyl sites for hydroxylation is 1. The molecule has 0 aliphatic carbocycles. The number of halogens is 1. The fourth-order valence-corrected chi connectivity index (χ4v) is 1.39. The van der Waals surface area contributed by atoms with Crippen molar-refractivity contribution in [2.24, 2.45) is 11.7 Å². The lowest BCUT2D eigenvalue weighted by Gasteiger charge is -2.16. The van der Waals surface area contributed by atoms with E-state index in [2.05, 4.69) is 13.8 Å². The van der Waals surface area contributed by atoms with Crippen LogP contribution in [0.1, 0.15) is 31.0 Å². The Balaban J connectivity index is 2.97. The highest BCUT2D eigenvalue weighted by Crippen LogP contribution is 2.23. The summed E-state index contributed by atoms with van der Waals surface area (Å²) in [6.45, 7) is 6.21. The molecule has 1 nitrogen and oxygen atoms in total. The van der Waals surface area contributed by atoms with Gasteiger partial charge >= 0.3 is 0 Å². The Kier molecular flexibility index (Phi) is 3.34. The predicted molar refractivity (Wildman–Crippen MR) is 58.0 cm³/mol. The predicted octanol–water partition coefficient (Wildman–Crippen LogP) is 3.30. The molecule has 13 heavy (non-hydrogen) atoms. The lowest BCUT2D eigenvalue weighted by atomic mass is 9.96. The van der Waals surface area contributed by atoms with Crippen molar-refractivity contribution in [3.8, 4) is 0 Å². The van der Waals surface area contributed by atoms with Gasteiger partial charge in [-0.25, -0.2) is 0 Å². The second-order valence-electron chi connectivity index (χ2n) is 3.78. The van der Waals surface area contributed by atoms with E-state index in [0.29, 0.717) is 5.92 Å². The molecule has 1 rings (SSSR count). The molecule has 0 aliphatic rings. The Morgan fingerprint density at radius 2 is 1.92 bits per heavy atom. The first-order valence-electron chi connectivity index (χ1n) is 4.54. The molecule has 0 unspecified atom stereocenters. The minimum atomic E-state index is 0.0816. The number of nitrogens with two attached hydrogens (primary N) is 1. The maximum atomic E-state index is 6.01. The lowest BCUT2D eigenvalue weighted by molar-refractivity contribution is 0.514. The van der Waals surface area contributed by atoms with Crippen molar-refractivity contribution >= 4 is 11.6 Å². The van der Waals surface area contributed by atoms with Crippen molar-refractivity contribution in [1.29, 1.82) is 0 Å². The standard InChI is InChI=1S/C11H16ClN/c1-7(2)11(13)9-5-4-8(3)10(12)6-9/h4-7,11H,13H2,1-3H3/t11-/m1/s1. The van der Waals surface area contributed by atoms with Crippen molar-refractivity contribution in [2.45, 2.75) is 26.8 Å². The molecule has 0 saturated carbocycles. The Hall–Kier alpha value is -0.530. The molecule has 0 fully saturated rings. The smallest absolute Gasteiger partial charge is 0.0438 e. The van der Waals surface area contributed by atoms with E-state index in [1.165, 1.54) is 0 Å². The molecule has 0 heterocycles. The maximum Gasteiger partial charge on any atom is 0.0438 e. The number of rotatable bonds is 2. The molecule has 0 bridgehead atoms. The summed E-state index contributed by atoms with van der Waals surface area (Å²) in [6.07, 6.45) is 0. The fraction of sp³-hybridized carbons (Fsp3) is 0.455. The van der Waals surface area contributed by atoms with Crippen LogP contribution in [0.3, 0.4) is 0 Å². The van der Waals surface area contributed by atoms with Gasteiger partial charge in [0.05, 0.1) is 0 Å². The van der Waals surface area contributed by atoms with Crippen LogP contribution in [0.5, 0.6) is 0 Å². The van der Waals surface area contributed by atoms with E-state index < -0.39 is 0 Å². The van der Waals surface area contributed by atoms with Gasteiger partial charge in [-0.15, -0.1) is 0 Å². The Morgan fingerprint density at radius 3 is 2.38 bits per heavy atom. The Morgan fingerprint density at radius 1 is 1.31 bits per heavy atom. The molecule has 1 aromatic rings. The highest BCUT2D eigenvalue weighted by atomic mass is 35.5. The van der Waals surface area contributed by atoms with Crippen LogP contribution in [0.2, 0.25) is 5.02 Å². The molecule has 0 spiro atoms. The van der Waals surface area contributed by atoms with E-state index in [0.717, 1.165) is 16.1 Å². The molecular weight excluding hydrogens is 182 g/mol. The number of hydrogen-bond acceptors (Lipinski definition) is 1. The molecule has 0 radical (unpaired) electrons. The van der Waals surface area contributed by atoms with Gasteiger partial charge in [0, 0.05) is 11.1 Å². The van der Waals surface area contributed by atoms with Crippen LogP contribution in [-0.2, 0) is 0 Å². The molecular formula is C11H16ClN. The maximum absolute atomic E-state index is 6.01. The van der Waals surface area contributed by atoms with Crippen LogP contribution in [-0.4, -0.2) is 0 Å². The van der Waals surface area contributed by atoms with Gasteiger partial charge in [0.25, 0.3) is 0 Å². The van der Waals surface area contributed by atoms with Crippen LogP contribution in [0.4, 0.5) is 0 Å². The highest BCUT2D eigenvalue weighted by molar-refractivity contribution is 6.31. The van der Waals surface area contributed by atoms with Crippen LogP contribution < -0.4 is 5.73 Å². The van der Waals surface area contributed by atoms with Crippen LogP contribution in [0.25, 0.3) is 0 Å². The Labute approximate surface area is 84.9 Å². The number of benzene rings is 1. The first kappa shape index (κ1) is 10.6. The summed E-state index contributed by atoms with van der Waals surface area (Å²) in [7, 11) is 0. The first-order valence-corrected chi connectivity index (χ1v) is 4.92. The van der Waals surface area contributed by atoms with Gasteiger partial charge in [-0.2, -0.15) is 0 Å². The van der Waals surface area contributed by atoms with E-state index in [4.69, 9.17) is 17.3 Å². The van der Waals surface area contributed by atoms with Gasteiger partial charge < -0.3 is 5.73 Å². The zero-order chi connectivity index (χ0) is 10.0. The topological polar surface area (TPSA) is 26.0 Å². The lowest BCUT2D eigenvalue weighted by Crippen LogP contribution is -2.16. The van der Waals surface area contributed by atoms with E-state index in [-0.39, 0.29) is 6.04 Å². The molecule has 2 N–H and O–H groups in total. The van der Waals surface area contributed by atoms with Gasteiger partial charge in [0.2, 0.25) is 0 Å². The highest BCUT2D eigenvalue weighted by Gasteiger charge is 2.10. The fourth-order valence-electron chi connectivity index (χ4n) is 1.20. The van der Waals surface area contributed by atoms with E-state index in [9.17, 15) is 0 Å². The molecule has 0 amide bonds. The van der Waals surface area contributed by atoms with Crippen molar-refractivity contribution in [3.05, 3.63) is 34.3 Å². The SMILES string of the molecule is Cc1ccc([C@H](N)C(C)C)cc1Cl. The van der Waals surface area contributed by atoms with E-state index >= 15 is 0 Å². The summed E-state index contributed by atoms with van der Waals surface area (Å²) in [4.78, 5) is 0. The molecule has 2 heteroatoms. The van der Waals surface area contributed by atoms with E-state index in [1.807, 2.05) is 25.1 Å². The van der Waals surface area contributed by atoms with Gasteiger partial charge in [-0.1, -0.05) is 37.6 Å². The average Bonchev–Trinajstić information content (AvgIpc) is 2.08. The summed E-state index contributed by atoms with van der Waals surface area (Å²) in [6, 6.07) is 6.10. The second-order valence-corrected chi connectivity index (χ2v) is 4.19. The molecule has 0 aliphatic heterocycles. The zero-order valence-corrected chi connectivity index (χ0v) is 9.10.